The fourth-order valence-corrected chi connectivity index (χ4v) is 5.35. The molecule has 3 unspecified atom stereocenters. The van der Waals surface area contributed by atoms with Crippen LogP contribution in [0.25, 0.3) is 0 Å². The Bertz CT molecular complexity index is 1120. The first-order chi connectivity index (χ1) is 16.9. The van der Waals surface area contributed by atoms with Crippen LogP contribution < -0.4 is 15.4 Å². The third-order valence-corrected chi connectivity index (χ3v) is 7.35. The Balaban J connectivity index is 1.23. The molecule has 1 saturated carbocycles. The number of allylic oxidation sites excluding steroid dienone is 1. The van der Waals surface area contributed by atoms with E-state index < -0.39 is 6.04 Å². The molecular weight excluding hydrogens is 442 g/mol. The molecule has 8 nitrogen and oxygen atoms in total. The first-order valence-corrected chi connectivity index (χ1v) is 12.7. The fraction of sp³-hybridized carbons (Fsp3) is 0.519. The molecule has 2 amide bonds. The molecule has 1 aromatic carbocycles. The lowest BCUT2D eigenvalue weighted by molar-refractivity contribution is -0.126. The molecule has 2 aliphatic heterocycles. The van der Waals surface area contributed by atoms with Gasteiger partial charge in [0.2, 0.25) is 5.91 Å². The summed E-state index contributed by atoms with van der Waals surface area (Å²) in [6.07, 6.45) is 9.81. The molecule has 8 heteroatoms. The molecular formula is C27H35N5O3. The minimum absolute atomic E-state index is 0.0743. The van der Waals surface area contributed by atoms with Crippen molar-refractivity contribution >= 4 is 11.8 Å². The summed E-state index contributed by atoms with van der Waals surface area (Å²) in [4.78, 5) is 27.1. The van der Waals surface area contributed by atoms with Crippen LogP contribution in [0.5, 0.6) is 5.75 Å². The van der Waals surface area contributed by atoms with Crippen LogP contribution in [0.2, 0.25) is 0 Å². The van der Waals surface area contributed by atoms with Crippen LogP contribution in [0.4, 0.5) is 0 Å². The molecule has 0 radical (unpaired) electrons. The highest BCUT2D eigenvalue weighted by atomic mass is 16.5. The van der Waals surface area contributed by atoms with E-state index in [1.807, 2.05) is 29.1 Å². The van der Waals surface area contributed by atoms with Crippen LogP contribution in [0.15, 0.2) is 42.9 Å². The lowest BCUT2D eigenvalue weighted by atomic mass is 9.92. The number of nitrogens with zero attached hydrogens (tertiary/aromatic N) is 3. The quantitative estimate of drug-likeness (QED) is 0.635. The number of benzene rings is 1. The Labute approximate surface area is 206 Å². The molecule has 35 heavy (non-hydrogen) atoms. The molecule has 3 aliphatic rings. The number of hydrogen-bond donors (Lipinski definition) is 2. The summed E-state index contributed by atoms with van der Waals surface area (Å²) in [7, 11) is 0. The van der Waals surface area contributed by atoms with Gasteiger partial charge >= 0.3 is 0 Å². The van der Waals surface area contributed by atoms with Gasteiger partial charge in [-0.2, -0.15) is 5.10 Å². The molecule has 0 spiro atoms. The lowest BCUT2D eigenvalue weighted by Gasteiger charge is -2.32. The SMILES string of the molecule is C=C1CCC(N2Cc3cc(OC4CCCCC4NCc4cnn(C(C)C)c4)ccc3C2=O)C(=O)N1. The highest BCUT2D eigenvalue weighted by molar-refractivity contribution is 6.01. The number of rotatable bonds is 7. The van der Waals surface area contributed by atoms with Crippen molar-refractivity contribution in [3.8, 4) is 5.75 Å². The average molecular weight is 478 g/mol. The van der Waals surface area contributed by atoms with E-state index in [9.17, 15) is 9.59 Å². The molecule has 1 aromatic heterocycles. The zero-order valence-corrected chi connectivity index (χ0v) is 20.6. The smallest absolute Gasteiger partial charge is 0.255 e. The molecule has 2 fully saturated rings. The Morgan fingerprint density at radius 3 is 2.83 bits per heavy atom. The first kappa shape index (κ1) is 23.6. The van der Waals surface area contributed by atoms with Gasteiger partial charge in [0.25, 0.3) is 5.91 Å². The molecule has 3 atom stereocenters. The molecule has 0 bridgehead atoms. The second kappa shape index (κ2) is 9.85. The Morgan fingerprint density at radius 1 is 1.23 bits per heavy atom. The summed E-state index contributed by atoms with van der Waals surface area (Å²) in [6.45, 7) is 9.28. The number of aromatic nitrogens is 2. The third kappa shape index (κ3) is 4.98. The Hall–Kier alpha value is -3.13. The Morgan fingerprint density at radius 2 is 2.06 bits per heavy atom. The van der Waals surface area contributed by atoms with Crippen LogP contribution in [-0.4, -0.2) is 44.7 Å². The normalized spacial score (nSPS) is 24.6. The van der Waals surface area contributed by atoms with Crippen molar-refractivity contribution in [1.29, 1.82) is 0 Å². The monoisotopic (exact) mass is 477 g/mol. The van der Waals surface area contributed by atoms with Crippen molar-refractivity contribution in [3.05, 3.63) is 59.6 Å². The summed E-state index contributed by atoms with van der Waals surface area (Å²) in [6, 6.07) is 5.88. The summed E-state index contributed by atoms with van der Waals surface area (Å²) < 4.78 is 8.45. The van der Waals surface area contributed by atoms with E-state index in [0.717, 1.165) is 42.8 Å². The van der Waals surface area contributed by atoms with Crippen molar-refractivity contribution in [2.75, 3.05) is 0 Å². The molecule has 3 heterocycles. The van der Waals surface area contributed by atoms with Gasteiger partial charge in [-0.1, -0.05) is 13.0 Å². The van der Waals surface area contributed by atoms with Gasteiger partial charge in [0.1, 0.15) is 17.9 Å². The van der Waals surface area contributed by atoms with Crippen molar-refractivity contribution in [2.45, 2.75) is 89.7 Å². The van der Waals surface area contributed by atoms with Crippen LogP contribution in [0.3, 0.4) is 0 Å². The van der Waals surface area contributed by atoms with Crippen molar-refractivity contribution in [2.24, 2.45) is 0 Å². The van der Waals surface area contributed by atoms with E-state index in [1.165, 1.54) is 12.0 Å². The van der Waals surface area contributed by atoms with Crippen LogP contribution in [0, 0.1) is 0 Å². The van der Waals surface area contributed by atoms with Crippen LogP contribution >= 0.6 is 0 Å². The van der Waals surface area contributed by atoms with E-state index in [-0.39, 0.29) is 24.0 Å². The minimum atomic E-state index is -0.447. The molecule has 2 aromatic rings. The number of ether oxygens (including phenoxy) is 1. The number of amides is 2. The molecule has 5 rings (SSSR count). The molecule has 1 aliphatic carbocycles. The van der Waals surface area contributed by atoms with E-state index >= 15 is 0 Å². The highest BCUT2D eigenvalue weighted by Gasteiger charge is 2.38. The van der Waals surface area contributed by atoms with Crippen molar-refractivity contribution in [1.82, 2.24) is 25.3 Å². The van der Waals surface area contributed by atoms with Crippen molar-refractivity contribution < 1.29 is 14.3 Å². The van der Waals surface area contributed by atoms with Gasteiger partial charge in [0.05, 0.1) is 6.20 Å². The predicted molar refractivity (Wildman–Crippen MR) is 133 cm³/mol. The summed E-state index contributed by atoms with van der Waals surface area (Å²) in [5, 5.41) is 10.9. The maximum absolute atomic E-state index is 13.0. The maximum Gasteiger partial charge on any atom is 0.255 e. The highest BCUT2D eigenvalue weighted by Crippen LogP contribution is 2.32. The van der Waals surface area contributed by atoms with E-state index in [0.29, 0.717) is 31.0 Å². The minimum Gasteiger partial charge on any atom is -0.489 e. The van der Waals surface area contributed by atoms with E-state index in [4.69, 9.17) is 4.74 Å². The zero-order valence-electron chi connectivity index (χ0n) is 20.6. The van der Waals surface area contributed by atoms with Crippen LogP contribution in [0.1, 0.15) is 79.9 Å². The van der Waals surface area contributed by atoms with Gasteiger partial charge < -0.3 is 20.3 Å². The third-order valence-electron chi connectivity index (χ3n) is 7.35. The standard InChI is InChI=1S/C27H35N5O3/c1-17(2)32-15-19(14-29-32)13-28-23-6-4-5-7-25(23)35-21-9-10-22-20(12-21)16-31(27(22)34)24-11-8-18(3)30-26(24)33/h9-10,12,14-15,17,23-25,28H,3-8,11,13,16H2,1-2H3,(H,30,33). The topological polar surface area (TPSA) is 88.5 Å². The summed E-state index contributed by atoms with van der Waals surface area (Å²) >= 11 is 0. The largest absolute Gasteiger partial charge is 0.489 e. The second-order valence-electron chi connectivity index (χ2n) is 10.2. The van der Waals surface area contributed by atoms with E-state index in [2.05, 4.69) is 42.4 Å². The van der Waals surface area contributed by atoms with Gasteiger partial charge in [-0.3, -0.25) is 14.3 Å². The second-order valence-corrected chi connectivity index (χ2v) is 10.2. The summed E-state index contributed by atoms with van der Waals surface area (Å²) in [5.74, 6) is 0.554. The molecule has 2 N–H and O–H groups in total. The molecule has 186 valence electrons. The number of fused-ring (bicyclic) bond motifs is 1. The van der Waals surface area contributed by atoms with Gasteiger partial charge in [0, 0.05) is 48.2 Å². The number of carbonyl (C=O) groups excluding carboxylic acids is 2. The van der Waals surface area contributed by atoms with Crippen molar-refractivity contribution in [3.63, 3.8) is 0 Å². The predicted octanol–water partition coefficient (Wildman–Crippen LogP) is 3.69. The summed E-state index contributed by atoms with van der Waals surface area (Å²) in [5.41, 5.74) is 3.48. The maximum atomic E-state index is 13.0. The number of hydrogen-bond acceptors (Lipinski definition) is 5. The van der Waals surface area contributed by atoms with Crippen LogP contribution in [-0.2, 0) is 17.9 Å². The fourth-order valence-electron chi connectivity index (χ4n) is 5.35. The average Bonchev–Trinajstić information content (AvgIpc) is 3.43. The Kier molecular flexibility index (Phi) is 6.65. The van der Waals surface area contributed by atoms with Gasteiger partial charge in [-0.15, -0.1) is 0 Å². The first-order valence-electron chi connectivity index (χ1n) is 12.7. The lowest BCUT2D eigenvalue weighted by Crippen LogP contribution is -2.49. The number of piperidine rings is 1. The molecule has 1 saturated heterocycles. The van der Waals surface area contributed by atoms with Gasteiger partial charge in [-0.25, -0.2) is 0 Å². The van der Waals surface area contributed by atoms with Gasteiger partial charge in [-0.05, 0) is 69.7 Å². The van der Waals surface area contributed by atoms with Gasteiger partial charge in [0.15, 0.2) is 0 Å². The van der Waals surface area contributed by atoms with E-state index in [1.54, 1.807) is 4.90 Å². The number of nitrogens with one attached hydrogen (secondary N) is 2. The zero-order chi connectivity index (χ0) is 24.5. The number of carbonyl (C=O) groups is 2.